The molecule has 0 spiro atoms. The number of hydrogen-bond donors (Lipinski definition) is 1. The van der Waals surface area contributed by atoms with Gasteiger partial charge in [0.25, 0.3) is 0 Å². The minimum absolute atomic E-state index is 0. The van der Waals surface area contributed by atoms with E-state index in [1.807, 2.05) is 38.2 Å². The Balaban J connectivity index is 0.00000320. The van der Waals surface area contributed by atoms with Gasteiger partial charge in [0.1, 0.15) is 11.6 Å². The van der Waals surface area contributed by atoms with Crippen molar-refractivity contribution in [2.75, 3.05) is 44.4 Å². The molecule has 11 heteroatoms. The van der Waals surface area contributed by atoms with Crippen molar-refractivity contribution < 1.29 is 8.78 Å². The monoisotopic (exact) mass is 530 g/mol. The summed E-state index contributed by atoms with van der Waals surface area (Å²) in [4.78, 5) is 15.2. The quantitative estimate of drug-likeness (QED) is 0.522. The van der Waals surface area contributed by atoms with Crippen LogP contribution >= 0.6 is 12.4 Å². The SMILES string of the molecule is Cc1c(C/C=C/N2CCN3c4cc(F)cc(F)c4CCC3C2)cnn1-c1cc(CN(C)C)nc(N)n1.Cl. The molecule has 0 amide bonds. The van der Waals surface area contributed by atoms with E-state index in [1.165, 1.54) is 6.07 Å². The fraction of sp³-hybridized carbons (Fsp3) is 0.423. The van der Waals surface area contributed by atoms with Crippen LogP contribution in [0.25, 0.3) is 5.82 Å². The fourth-order valence-corrected chi connectivity index (χ4v) is 5.20. The zero-order chi connectivity index (χ0) is 25.4. The Bertz CT molecular complexity index is 1290. The first-order valence-corrected chi connectivity index (χ1v) is 12.3. The Morgan fingerprint density at radius 2 is 1.97 bits per heavy atom. The van der Waals surface area contributed by atoms with Crippen LogP contribution in [0, 0.1) is 18.6 Å². The summed E-state index contributed by atoms with van der Waals surface area (Å²) in [6.45, 7) is 5.07. The van der Waals surface area contributed by atoms with Crippen LogP contribution in [0.1, 0.15) is 28.9 Å². The van der Waals surface area contributed by atoms with E-state index in [9.17, 15) is 8.78 Å². The molecule has 8 nitrogen and oxygen atoms in total. The first-order valence-electron chi connectivity index (χ1n) is 12.3. The minimum atomic E-state index is -0.510. The molecule has 2 N–H and O–H groups in total. The fourth-order valence-electron chi connectivity index (χ4n) is 5.20. The second-order valence-electron chi connectivity index (χ2n) is 9.84. The molecule has 0 saturated carbocycles. The van der Waals surface area contributed by atoms with E-state index in [4.69, 9.17) is 5.73 Å². The van der Waals surface area contributed by atoms with E-state index >= 15 is 0 Å². The zero-order valence-electron chi connectivity index (χ0n) is 21.4. The molecule has 1 saturated heterocycles. The Morgan fingerprint density at radius 3 is 2.76 bits per heavy atom. The van der Waals surface area contributed by atoms with Crippen molar-refractivity contribution in [2.45, 2.75) is 38.8 Å². The molecular formula is C26H33ClF2N8. The van der Waals surface area contributed by atoms with Gasteiger partial charge in [0, 0.05) is 61.3 Å². The highest BCUT2D eigenvalue weighted by atomic mass is 35.5. The normalized spacial score (nSPS) is 17.2. The third-order valence-corrected chi connectivity index (χ3v) is 6.93. The highest BCUT2D eigenvalue weighted by Gasteiger charge is 2.32. The van der Waals surface area contributed by atoms with E-state index in [2.05, 4.69) is 37.1 Å². The van der Waals surface area contributed by atoms with Crippen molar-refractivity contribution >= 4 is 24.0 Å². The van der Waals surface area contributed by atoms with Gasteiger partial charge < -0.3 is 20.4 Å². The highest BCUT2D eigenvalue weighted by Crippen LogP contribution is 2.35. The van der Waals surface area contributed by atoms with Gasteiger partial charge in [-0.3, -0.25) is 0 Å². The molecule has 5 rings (SSSR count). The lowest BCUT2D eigenvalue weighted by atomic mass is 9.93. The van der Waals surface area contributed by atoms with Crippen LogP contribution < -0.4 is 10.6 Å². The molecule has 0 radical (unpaired) electrons. The van der Waals surface area contributed by atoms with Gasteiger partial charge in [-0.2, -0.15) is 10.1 Å². The van der Waals surface area contributed by atoms with Gasteiger partial charge in [-0.25, -0.2) is 18.4 Å². The number of fused-ring (bicyclic) bond motifs is 3. The molecule has 0 bridgehead atoms. The third kappa shape index (κ3) is 5.70. The molecular weight excluding hydrogens is 498 g/mol. The molecule has 1 unspecified atom stereocenters. The number of benzene rings is 1. The molecule has 3 aromatic rings. The van der Waals surface area contributed by atoms with Crippen LogP contribution in [0.15, 0.2) is 36.7 Å². The maximum Gasteiger partial charge on any atom is 0.222 e. The summed E-state index contributed by atoms with van der Waals surface area (Å²) in [5.41, 5.74) is 10.3. The average molecular weight is 531 g/mol. The Labute approximate surface area is 222 Å². The number of nitrogens with zero attached hydrogens (tertiary/aromatic N) is 7. The third-order valence-electron chi connectivity index (χ3n) is 6.93. The lowest BCUT2D eigenvalue weighted by Gasteiger charge is -2.46. The lowest BCUT2D eigenvalue weighted by Crippen LogP contribution is -2.53. The van der Waals surface area contributed by atoms with Gasteiger partial charge in [-0.15, -0.1) is 12.4 Å². The number of piperazine rings is 1. The minimum Gasteiger partial charge on any atom is -0.374 e. The van der Waals surface area contributed by atoms with Gasteiger partial charge in [-0.1, -0.05) is 6.08 Å². The Hall–Kier alpha value is -3.24. The molecule has 4 heterocycles. The smallest absolute Gasteiger partial charge is 0.222 e. The standard InChI is InChI=1S/C26H32F2N8.ClH/c1-17-18(14-30-36(17)25-13-20(15-33(2)3)31-26(29)32-25)5-4-8-34-9-10-35-21(16-34)6-7-22-23(28)11-19(27)12-24(22)35;/h4,8,11-14,21H,5-7,9-10,15-16H2,1-3H3,(H2,29,31,32);1H/b8-4+;. The van der Waals surface area contributed by atoms with Crippen molar-refractivity contribution in [2.24, 2.45) is 0 Å². The van der Waals surface area contributed by atoms with E-state index in [0.717, 1.165) is 61.2 Å². The van der Waals surface area contributed by atoms with Crippen LogP contribution in [0.4, 0.5) is 20.4 Å². The van der Waals surface area contributed by atoms with Crippen LogP contribution in [0.3, 0.4) is 0 Å². The summed E-state index contributed by atoms with van der Waals surface area (Å²) in [6, 6.07) is 4.63. The van der Waals surface area contributed by atoms with Crippen LogP contribution in [-0.2, 0) is 19.4 Å². The predicted molar refractivity (Wildman–Crippen MR) is 143 cm³/mol. The summed E-state index contributed by atoms with van der Waals surface area (Å²) in [5.74, 6) is -0.0479. The highest BCUT2D eigenvalue weighted by molar-refractivity contribution is 5.85. The number of hydrogen-bond acceptors (Lipinski definition) is 7. The van der Waals surface area contributed by atoms with Gasteiger partial charge >= 0.3 is 0 Å². The van der Waals surface area contributed by atoms with E-state index in [0.29, 0.717) is 24.3 Å². The Morgan fingerprint density at radius 1 is 1.16 bits per heavy atom. The molecule has 198 valence electrons. The number of allylic oxidation sites excluding steroid dienone is 1. The molecule has 1 aromatic carbocycles. The molecule has 1 atom stereocenters. The van der Waals surface area contributed by atoms with E-state index in [-0.39, 0.29) is 24.4 Å². The Kier molecular flexibility index (Phi) is 7.99. The molecule has 2 aliphatic heterocycles. The summed E-state index contributed by atoms with van der Waals surface area (Å²) in [5, 5.41) is 4.54. The van der Waals surface area contributed by atoms with Crippen molar-refractivity contribution in [3.63, 3.8) is 0 Å². The van der Waals surface area contributed by atoms with Gasteiger partial charge in [-0.05, 0) is 58.1 Å². The maximum atomic E-state index is 14.2. The number of halogens is 3. The molecule has 0 aliphatic carbocycles. The van der Waals surface area contributed by atoms with Crippen LogP contribution in [0.5, 0.6) is 0 Å². The number of aromatic nitrogens is 4. The maximum absolute atomic E-state index is 14.2. The number of nitrogens with two attached hydrogens (primary N) is 1. The van der Waals surface area contributed by atoms with E-state index in [1.54, 1.807) is 4.68 Å². The largest absolute Gasteiger partial charge is 0.374 e. The molecule has 2 aliphatic rings. The zero-order valence-corrected chi connectivity index (χ0v) is 22.2. The predicted octanol–water partition coefficient (Wildman–Crippen LogP) is 3.51. The summed E-state index contributed by atoms with van der Waals surface area (Å²) >= 11 is 0. The van der Waals surface area contributed by atoms with Crippen molar-refractivity contribution in [1.29, 1.82) is 0 Å². The topological polar surface area (TPSA) is 79.3 Å². The lowest BCUT2D eigenvalue weighted by molar-refractivity contribution is 0.281. The van der Waals surface area contributed by atoms with Gasteiger partial charge in [0.2, 0.25) is 5.95 Å². The number of nitrogen functional groups attached to an aromatic ring is 1. The summed E-state index contributed by atoms with van der Waals surface area (Å²) < 4.78 is 29.9. The molecule has 2 aromatic heterocycles. The van der Waals surface area contributed by atoms with Crippen molar-refractivity contribution in [3.8, 4) is 5.82 Å². The second kappa shape index (κ2) is 11.0. The summed E-state index contributed by atoms with van der Waals surface area (Å²) in [6.07, 6.45) is 8.38. The number of anilines is 2. The molecule has 1 fully saturated rings. The second-order valence-corrected chi connectivity index (χ2v) is 9.84. The van der Waals surface area contributed by atoms with Crippen LogP contribution in [0.2, 0.25) is 0 Å². The van der Waals surface area contributed by atoms with E-state index < -0.39 is 11.6 Å². The van der Waals surface area contributed by atoms with Gasteiger partial charge in [0.05, 0.1) is 11.9 Å². The van der Waals surface area contributed by atoms with Crippen LogP contribution in [-0.4, -0.2) is 69.3 Å². The first-order chi connectivity index (χ1) is 17.3. The molecule has 37 heavy (non-hydrogen) atoms. The van der Waals surface area contributed by atoms with Crippen molar-refractivity contribution in [1.82, 2.24) is 29.5 Å². The van der Waals surface area contributed by atoms with Crippen molar-refractivity contribution in [3.05, 3.63) is 70.8 Å². The number of rotatable bonds is 6. The summed E-state index contributed by atoms with van der Waals surface area (Å²) in [7, 11) is 3.96. The first kappa shape index (κ1) is 26.8. The van der Waals surface area contributed by atoms with Gasteiger partial charge in [0.15, 0.2) is 5.82 Å². The average Bonchev–Trinajstić information content (AvgIpc) is 3.18.